The lowest BCUT2D eigenvalue weighted by atomic mass is 9.87. The number of hydrogen-bond acceptors (Lipinski definition) is 0. The van der Waals surface area contributed by atoms with Crippen LogP contribution in [0.4, 0.5) is 0 Å². The zero-order chi connectivity index (χ0) is 18.5. The summed E-state index contributed by atoms with van der Waals surface area (Å²) in [6.45, 7) is 9.08. The summed E-state index contributed by atoms with van der Waals surface area (Å²) in [5.41, 5.74) is 6.03. The molecule has 0 nitrogen and oxygen atoms in total. The Balaban J connectivity index is 3.29. The first kappa shape index (κ1) is 22.3. The maximum Gasteiger partial charge on any atom is 0.0219 e. The normalized spacial score (nSPS) is 12.4. The Bertz CT molecular complexity index is 513. The van der Waals surface area contributed by atoms with E-state index in [1.165, 1.54) is 75.3 Å². The summed E-state index contributed by atoms with van der Waals surface area (Å²) in [4.78, 5) is 0. The SMILES string of the molecule is CCCCC(Cl)=C(CCCC)c1cccc(CCCC)c1CCCC. The van der Waals surface area contributed by atoms with Crippen molar-refractivity contribution in [3.63, 3.8) is 0 Å². The van der Waals surface area contributed by atoms with Crippen LogP contribution in [0.5, 0.6) is 0 Å². The number of hydrogen-bond donors (Lipinski definition) is 0. The van der Waals surface area contributed by atoms with Gasteiger partial charge in [-0.25, -0.2) is 0 Å². The van der Waals surface area contributed by atoms with Crippen LogP contribution in [0.25, 0.3) is 5.57 Å². The minimum absolute atomic E-state index is 1.03. The Morgan fingerprint density at radius 2 is 1.36 bits per heavy atom. The first-order valence-corrected chi connectivity index (χ1v) is 11.1. The van der Waals surface area contributed by atoms with Crippen molar-refractivity contribution in [3.05, 3.63) is 39.9 Å². The third-order valence-corrected chi connectivity index (χ3v) is 5.45. The van der Waals surface area contributed by atoms with Crippen LogP contribution in [0.15, 0.2) is 23.2 Å². The molecule has 0 N–H and O–H groups in total. The van der Waals surface area contributed by atoms with Gasteiger partial charge in [-0.2, -0.15) is 0 Å². The molecule has 0 bridgehead atoms. The fourth-order valence-corrected chi connectivity index (χ4v) is 3.75. The molecule has 0 fully saturated rings. The van der Waals surface area contributed by atoms with Crippen LogP contribution >= 0.6 is 11.6 Å². The van der Waals surface area contributed by atoms with Gasteiger partial charge in [0.1, 0.15) is 0 Å². The van der Waals surface area contributed by atoms with E-state index in [0.717, 1.165) is 17.9 Å². The third kappa shape index (κ3) is 7.57. The summed E-state index contributed by atoms with van der Waals surface area (Å²) in [7, 11) is 0. The van der Waals surface area contributed by atoms with Gasteiger partial charge >= 0.3 is 0 Å². The minimum atomic E-state index is 1.03. The lowest BCUT2D eigenvalue weighted by Gasteiger charge is -2.19. The molecule has 0 saturated carbocycles. The van der Waals surface area contributed by atoms with E-state index in [2.05, 4.69) is 45.9 Å². The van der Waals surface area contributed by atoms with Gasteiger partial charge in [-0.15, -0.1) is 0 Å². The van der Waals surface area contributed by atoms with E-state index in [4.69, 9.17) is 11.6 Å². The van der Waals surface area contributed by atoms with Gasteiger partial charge in [0.2, 0.25) is 0 Å². The molecule has 0 atom stereocenters. The molecule has 0 aromatic heterocycles. The van der Waals surface area contributed by atoms with E-state index >= 15 is 0 Å². The zero-order valence-corrected chi connectivity index (χ0v) is 17.9. The molecule has 1 rings (SSSR count). The number of rotatable bonds is 13. The van der Waals surface area contributed by atoms with Crippen molar-refractivity contribution in [1.29, 1.82) is 0 Å². The first-order chi connectivity index (χ1) is 12.2. The maximum atomic E-state index is 6.84. The number of halogens is 1. The van der Waals surface area contributed by atoms with Gasteiger partial charge in [0.05, 0.1) is 0 Å². The van der Waals surface area contributed by atoms with Gasteiger partial charge in [-0.3, -0.25) is 0 Å². The number of allylic oxidation sites excluding steroid dienone is 2. The number of benzene rings is 1. The summed E-state index contributed by atoms with van der Waals surface area (Å²) in [5.74, 6) is 0. The average molecular weight is 363 g/mol. The summed E-state index contributed by atoms with van der Waals surface area (Å²) < 4.78 is 0. The van der Waals surface area contributed by atoms with Crippen molar-refractivity contribution in [3.8, 4) is 0 Å². The monoisotopic (exact) mass is 362 g/mol. The van der Waals surface area contributed by atoms with Gasteiger partial charge in [0, 0.05) is 5.03 Å². The highest BCUT2D eigenvalue weighted by atomic mass is 35.5. The highest BCUT2D eigenvalue weighted by Crippen LogP contribution is 2.34. The molecule has 0 radical (unpaired) electrons. The molecule has 0 aliphatic rings. The van der Waals surface area contributed by atoms with Crippen molar-refractivity contribution >= 4 is 17.2 Å². The summed E-state index contributed by atoms with van der Waals surface area (Å²) in [6.07, 6.45) is 14.4. The topological polar surface area (TPSA) is 0 Å². The second-order valence-electron chi connectivity index (χ2n) is 7.24. The zero-order valence-electron chi connectivity index (χ0n) is 17.1. The molecule has 0 aliphatic heterocycles. The maximum absolute atomic E-state index is 6.84. The van der Waals surface area contributed by atoms with E-state index in [0.29, 0.717) is 0 Å². The van der Waals surface area contributed by atoms with Gasteiger partial charge in [0.15, 0.2) is 0 Å². The van der Waals surface area contributed by atoms with Crippen LogP contribution in [0.1, 0.15) is 109 Å². The van der Waals surface area contributed by atoms with Gasteiger partial charge in [-0.1, -0.05) is 83.2 Å². The number of unbranched alkanes of at least 4 members (excludes halogenated alkanes) is 4. The quantitative estimate of drug-likeness (QED) is 0.329. The molecule has 0 spiro atoms. The van der Waals surface area contributed by atoms with Crippen molar-refractivity contribution in [2.75, 3.05) is 0 Å². The Labute approximate surface area is 162 Å². The van der Waals surface area contributed by atoms with Gasteiger partial charge < -0.3 is 0 Å². The molecule has 0 unspecified atom stereocenters. The van der Waals surface area contributed by atoms with Crippen molar-refractivity contribution in [2.24, 2.45) is 0 Å². The standard InChI is InChI=1S/C24H39Cl/c1-5-9-14-20-15-13-18-22(21(20)16-10-6-2)23(17-11-7-3)24(25)19-12-8-4/h13,15,18H,5-12,14,16-17,19H2,1-4H3. The van der Waals surface area contributed by atoms with Crippen LogP contribution in [0.3, 0.4) is 0 Å². The molecule has 1 aromatic carbocycles. The van der Waals surface area contributed by atoms with E-state index in [9.17, 15) is 0 Å². The molecule has 142 valence electrons. The van der Waals surface area contributed by atoms with Crippen LogP contribution in [0.2, 0.25) is 0 Å². The molecular formula is C24H39Cl. The Hall–Kier alpha value is -0.750. The summed E-state index contributed by atoms with van der Waals surface area (Å²) in [6, 6.07) is 6.94. The average Bonchev–Trinajstić information content (AvgIpc) is 2.63. The highest BCUT2D eigenvalue weighted by molar-refractivity contribution is 6.32. The molecule has 0 heterocycles. The second kappa shape index (κ2) is 13.5. The molecule has 1 aromatic rings. The third-order valence-electron chi connectivity index (χ3n) is 5.04. The van der Waals surface area contributed by atoms with Crippen LogP contribution < -0.4 is 0 Å². The minimum Gasteiger partial charge on any atom is -0.0888 e. The van der Waals surface area contributed by atoms with Crippen LogP contribution in [0, 0.1) is 0 Å². The van der Waals surface area contributed by atoms with Gasteiger partial charge in [0.25, 0.3) is 0 Å². The van der Waals surface area contributed by atoms with Crippen molar-refractivity contribution in [2.45, 2.75) is 105 Å². The second-order valence-corrected chi connectivity index (χ2v) is 7.70. The molecule has 25 heavy (non-hydrogen) atoms. The van der Waals surface area contributed by atoms with Gasteiger partial charge in [-0.05, 0) is 73.6 Å². The largest absolute Gasteiger partial charge is 0.0888 e. The lowest BCUT2D eigenvalue weighted by molar-refractivity contribution is 0.754. The highest BCUT2D eigenvalue weighted by Gasteiger charge is 2.14. The van der Waals surface area contributed by atoms with E-state index in [1.807, 2.05) is 0 Å². The smallest absolute Gasteiger partial charge is 0.0219 e. The van der Waals surface area contributed by atoms with E-state index in [-0.39, 0.29) is 0 Å². The van der Waals surface area contributed by atoms with Crippen molar-refractivity contribution in [1.82, 2.24) is 0 Å². The molecular weight excluding hydrogens is 324 g/mol. The van der Waals surface area contributed by atoms with E-state index in [1.54, 1.807) is 11.1 Å². The summed E-state index contributed by atoms with van der Waals surface area (Å²) in [5, 5.41) is 1.11. The lowest BCUT2D eigenvalue weighted by Crippen LogP contribution is -2.02. The van der Waals surface area contributed by atoms with E-state index < -0.39 is 0 Å². The van der Waals surface area contributed by atoms with Crippen LogP contribution in [-0.2, 0) is 12.8 Å². The number of aryl methyl sites for hydroxylation is 1. The fourth-order valence-electron chi connectivity index (χ4n) is 3.42. The molecule has 0 amide bonds. The molecule has 1 heteroatoms. The summed E-state index contributed by atoms with van der Waals surface area (Å²) >= 11 is 6.84. The Morgan fingerprint density at radius 3 is 2.00 bits per heavy atom. The fraction of sp³-hybridized carbons (Fsp3) is 0.667. The van der Waals surface area contributed by atoms with Crippen LogP contribution in [-0.4, -0.2) is 0 Å². The first-order valence-electron chi connectivity index (χ1n) is 10.7. The molecule has 0 saturated heterocycles. The molecule has 0 aliphatic carbocycles. The van der Waals surface area contributed by atoms with Crippen molar-refractivity contribution < 1.29 is 0 Å². The Kier molecular flexibility index (Phi) is 12.0. The predicted molar refractivity (Wildman–Crippen MR) is 115 cm³/mol. The predicted octanol–water partition coefficient (Wildman–Crippen LogP) is 8.70. The Morgan fingerprint density at radius 1 is 0.760 bits per heavy atom.